The van der Waals surface area contributed by atoms with Crippen molar-refractivity contribution in [3.63, 3.8) is 0 Å². The molecule has 6 amide bonds. The number of aliphatic imine (C=N–C) groups is 2. The van der Waals surface area contributed by atoms with E-state index in [1.165, 1.54) is 0 Å². The second-order valence-electron chi connectivity index (χ2n) is 20.5. The zero-order valence-corrected chi connectivity index (χ0v) is 46.7. The zero-order valence-electron chi connectivity index (χ0n) is 45.1. The van der Waals surface area contributed by atoms with Crippen molar-refractivity contribution in [3.05, 3.63) is 59.2 Å². The van der Waals surface area contributed by atoms with E-state index in [4.69, 9.17) is 20.9 Å². The van der Waals surface area contributed by atoms with Crippen LogP contribution in [0.4, 0.5) is 11.4 Å². The quantitative estimate of drug-likeness (QED) is 0.0407. The molecule has 4 aliphatic rings. The maximum absolute atomic E-state index is 13.4. The van der Waals surface area contributed by atoms with Crippen molar-refractivity contribution in [3.8, 4) is 0 Å². The number of hydrogen-bond acceptors (Lipinski definition) is 16. The zero-order chi connectivity index (χ0) is 54.8. The van der Waals surface area contributed by atoms with Crippen LogP contribution in [0, 0.1) is 0 Å². The number of unbranched alkanes of at least 4 members (excludes halogenated alkanes) is 6. The smallest absolute Gasteiger partial charge is 0.251 e. The van der Waals surface area contributed by atoms with Crippen LogP contribution in [-0.4, -0.2) is 146 Å². The Bertz CT molecular complexity index is 2220. The lowest BCUT2D eigenvalue weighted by Gasteiger charge is -2.14. The number of guanidine groups is 2. The first-order valence-corrected chi connectivity index (χ1v) is 29.9. The number of carbonyl (C=O) groups excluding carboxylic acids is 6. The molecule has 0 bridgehead atoms. The molecule has 0 aliphatic carbocycles. The van der Waals surface area contributed by atoms with Crippen LogP contribution in [0.3, 0.4) is 0 Å². The minimum atomic E-state index is -0.413. The summed E-state index contributed by atoms with van der Waals surface area (Å²) in [4.78, 5) is 86.2. The molecule has 6 rings (SSSR count). The number of thioether (sulfide) groups is 2. The number of nitrogens with one attached hydrogen (secondary N) is 8. The summed E-state index contributed by atoms with van der Waals surface area (Å²) in [6.45, 7) is 7.12. The third-order valence-corrected chi connectivity index (χ3v) is 16.9. The number of rotatable bonds is 36. The van der Waals surface area contributed by atoms with Crippen molar-refractivity contribution >= 4 is 82.3 Å². The molecule has 77 heavy (non-hydrogen) atoms. The number of nitrogens with zero attached hydrogens (tertiary/aromatic N) is 2. The van der Waals surface area contributed by atoms with Gasteiger partial charge in [0.2, 0.25) is 23.6 Å². The Balaban J connectivity index is 0.855. The molecule has 22 heteroatoms. The minimum absolute atomic E-state index is 0.00670. The lowest BCUT2D eigenvalue weighted by molar-refractivity contribution is -0.122. The highest BCUT2D eigenvalue weighted by Crippen LogP contribution is 2.36. The molecule has 2 aromatic rings. The highest BCUT2D eigenvalue weighted by Gasteiger charge is 2.41. The van der Waals surface area contributed by atoms with Crippen molar-refractivity contribution in [1.82, 2.24) is 31.9 Å². The van der Waals surface area contributed by atoms with Crippen molar-refractivity contribution in [2.24, 2.45) is 21.5 Å². The predicted molar refractivity (Wildman–Crippen MR) is 308 cm³/mol. The summed E-state index contributed by atoms with van der Waals surface area (Å²) in [5.41, 5.74) is 14.4. The summed E-state index contributed by atoms with van der Waals surface area (Å²) < 4.78 is 11.3. The van der Waals surface area contributed by atoms with Crippen molar-refractivity contribution in [2.75, 3.05) is 74.7 Å². The molecule has 0 unspecified atom stereocenters. The lowest BCUT2D eigenvalue weighted by atomic mass is 10.0. The van der Waals surface area contributed by atoms with Crippen LogP contribution >= 0.6 is 23.5 Å². The molecule has 20 nitrogen and oxygen atoms in total. The van der Waals surface area contributed by atoms with E-state index in [1.54, 1.807) is 24.3 Å². The number of benzene rings is 2. The molecule has 0 spiro atoms. The van der Waals surface area contributed by atoms with E-state index >= 15 is 0 Å². The van der Waals surface area contributed by atoms with Gasteiger partial charge in [-0.3, -0.25) is 28.8 Å². The largest absolute Gasteiger partial charge is 0.377 e. The van der Waals surface area contributed by atoms with Gasteiger partial charge in [0.05, 0.1) is 50.6 Å². The van der Waals surface area contributed by atoms with Crippen molar-refractivity contribution in [2.45, 2.75) is 157 Å². The molecular weight excluding hydrogens is 1020 g/mol. The Labute approximate surface area is 462 Å². The normalized spacial score (nSPS) is 20.0. The van der Waals surface area contributed by atoms with Gasteiger partial charge in [0.1, 0.15) is 0 Å². The van der Waals surface area contributed by atoms with Gasteiger partial charge in [-0.2, -0.15) is 23.5 Å². The first-order chi connectivity index (χ1) is 37.3. The van der Waals surface area contributed by atoms with Gasteiger partial charge in [-0.1, -0.05) is 51.7 Å². The standard InChI is InChI=1S/C55H84N12O8S2/c1-36(2)37-14-13-15-38(30-37)52(72)60-24-26-74-28-29-75-27-25-61-53(73)39-31-40(62-48(70)20-7-3-5-18-46(68)58-22-11-9-16-44-50-42(34-76-44)64-54(56)66-50)33-41(32-39)63-49(71)21-8-4-6-19-47(69)59-23-12-10-17-45-51-43(35-77-45)65-55(57)67-51/h13-15,30-33,36,42-45,50-51H,3-12,16-29,34-35H2,1-2H3,(H,58,68)(H,59,69)(H,60,72)(H,61,73)(H,62,70)(H,63,71)(H3,56,64,66)(H3,57,65,67)/t42-,43-,44-,45-,50-,51-/m0/s1. The second kappa shape index (κ2) is 33.0. The van der Waals surface area contributed by atoms with Gasteiger partial charge in [0.25, 0.3) is 11.8 Å². The van der Waals surface area contributed by atoms with Gasteiger partial charge in [0, 0.05) is 96.4 Å². The number of fused-ring (bicyclic) bond motifs is 2. The van der Waals surface area contributed by atoms with Gasteiger partial charge in [-0.05, 0) is 93.2 Å². The molecule has 424 valence electrons. The van der Waals surface area contributed by atoms with Crippen LogP contribution in [0.25, 0.3) is 0 Å². The van der Waals surface area contributed by atoms with Crippen molar-refractivity contribution < 1.29 is 38.2 Å². The minimum Gasteiger partial charge on any atom is -0.377 e. The van der Waals surface area contributed by atoms with Crippen LogP contribution in [0.15, 0.2) is 52.4 Å². The maximum atomic E-state index is 13.4. The van der Waals surface area contributed by atoms with E-state index in [-0.39, 0.29) is 79.8 Å². The summed E-state index contributed by atoms with van der Waals surface area (Å²) in [5.74, 6) is 2.39. The Morgan fingerprint density at radius 2 is 1.03 bits per heavy atom. The fourth-order valence-electron chi connectivity index (χ4n) is 9.71. The number of anilines is 2. The number of nitrogens with two attached hydrogens (primary N) is 2. The van der Waals surface area contributed by atoms with E-state index < -0.39 is 5.91 Å². The lowest BCUT2D eigenvalue weighted by Crippen LogP contribution is -2.38. The fourth-order valence-corrected chi connectivity index (χ4v) is 12.7. The number of hydrogen-bond donors (Lipinski definition) is 10. The average molecular weight is 1110 g/mol. The predicted octanol–water partition coefficient (Wildman–Crippen LogP) is 4.90. The van der Waals surface area contributed by atoms with Gasteiger partial charge in [-0.15, -0.1) is 0 Å². The van der Waals surface area contributed by atoms with Gasteiger partial charge in [0.15, 0.2) is 11.9 Å². The first kappa shape index (κ1) is 60.6. The van der Waals surface area contributed by atoms with Gasteiger partial charge >= 0.3 is 0 Å². The number of carbonyl (C=O) groups is 6. The van der Waals surface area contributed by atoms with Gasteiger partial charge < -0.3 is 63.5 Å². The topological polar surface area (TPSA) is 294 Å². The average Bonchev–Trinajstić information content (AvgIpc) is 4.18. The Morgan fingerprint density at radius 3 is 1.51 bits per heavy atom. The summed E-state index contributed by atoms with van der Waals surface area (Å²) in [7, 11) is 0. The molecule has 4 aliphatic heterocycles. The maximum Gasteiger partial charge on any atom is 0.251 e. The van der Waals surface area contributed by atoms with E-state index in [9.17, 15) is 28.8 Å². The van der Waals surface area contributed by atoms with E-state index in [1.807, 2.05) is 41.7 Å². The van der Waals surface area contributed by atoms with Crippen LogP contribution in [0.5, 0.6) is 0 Å². The SMILES string of the molecule is CC(C)c1cccc(C(=O)NCCOCCOCCNC(=O)c2cc(NC(=O)CCCCCC(=O)NCCCC[C@@H]3SC[C@@H]4NC(N)=N[C@@H]43)cc(NC(=O)CCCCCC(=O)NCCCC[C@@H]3SC[C@@H]4NC(N)=N[C@@H]43)c2)c1. The highest BCUT2D eigenvalue weighted by molar-refractivity contribution is 8.00. The Hall–Kier alpha value is -5.58. The molecule has 4 heterocycles. The summed E-state index contributed by atoms with van der Waals surface area (Å²) >= 11 is 3.88. The summed E-state index contributed by atoms with van der Waals surface area (Å²) in [5, 5.41) is 24.9. The van der Waals surface area contributed by atoms with E-state index in [2.05, 4.69) is 66.4 Å². The summed E-state index contributed by atoms with van der Waals surface area (Å²) in [6, 6.07) is 13.5. The number of amides is 6. The molecule has 0 radical (unpaired) electrons. The third-order valence-electron chi connectivity index (χ3n) is 13.9. The molecule has 12 N–H and O–H groups in total. The molecule has 0 aromatic heterocycles. The second-order valence-corrected chi connectivity index (χ2v) is 23.0. The first-order valence-electron chi connectivity index (χ1n) is 27.8. The molecule has 2 fully saturated rings. The fraction of sp³-hybridized carbons (Fsp3) is 0.636. The van der Waals surface area contributed by atoms with Gasteiger partial charge in [-0.25, -0.2) is 9.98 Å². The van der Waals surface area contributed by atoms with Crippen LogP contribution in [-0.2, 0) is 28.7 Å². The monoisotopic (exact) mass is 1100 g/mol. The molecule has 2 saturated heterocycles. The highest BCUT2D eigenvalue weighted by atomic mass is 32.2. The Kier molecular flexibility index (Phi) is 26.0. The van der Waals surface area contributed by atoms with E-state index in [0.29, 0.717) is 142 Å². The molecule has 0 saturated carbocycles. The van der Waals surface area contributed by atoms with E-state index in [0.717, 1.165) is 55.6 Å². The van der Waals surface area contributed by atoms with Crippen LogP contribution in [0.2, 0.25) is 0 Å². The number of ether oxygens (including phenoxy) is 2. The van der Waals surface area contributed by atoms with Crippen LogP contribution in [0.1, 0.15) is 149 Å². The summed E-state index contributed by atoms with van der Waals surface area (Å²) in [6.07, 6.45) is 11.0. The van der Waals surface area contributed by atoms with Crippen LogP contribution < -0.4 is 54.0 Å². The van der Waals surface area contributed by atoms with Crippen molar-refractivity contribution in [1.29, 1.82) is 0 Å². The molecular formula is C55H84N12O8S2. The Morgan fingerprint density at radius 1 is 0.558 bits per heavy atom. The third kappa shape index (κ3) is 21.6. The molecule has 2 aromatic carbocycles. The molecule has 6 atom stereocenters.